The van der Waals surface area contributed by atoms with Crippen LogP contribution in [0.15, 0.2) is 48.5 Å². The molecule has 114 valence electrons. The highest BCUT2D eigenvalue weighted by Crippen LogP contribution is 2.23. The van der Waals surface area contributed by atoms with Crippen LogP contribution in [-0.4, -0.2) is 18.4 Å². The van der Waals surface area contributed by atoms with Crippen LogP contribution >= 0.6 is 11.6 Å². The van der Waals surface area contributed by atoms with Gasteiger partial charge < -0.3 is 15.8 Å². The summed E-state index contributed by atoms with van der Waals surface area (Å²) in [4.78, 5) is 22.7. The second-order valence-corrected chi connectivity index (χ2v) is 4.93. The van der Waals surface area contributed by atoms with Crippen LogP contribution in [0.2, 0.25) is 5.02 Å². The number of para-hydroxylation sites is 1. The molecule has 0 spiro atoms. The van der Waals surface area contributed by atoms with Gasteiger partial charge in [-0.05, 0) is 36.4 Å². The molecule has 2 rings (SSSR count). The van der Waals surface area contributed by atoms with Gasteiger partial charge in [0.05, 0.1) is 18.1 Å². The summed E-state index contributed by atoms with van der Waals surface area (Å²) < 4.78 is 5.44. The van der Waals surface area contributed by atoms with E-state index >= 15 is 0 Å². The van der Waals surface area contributed by atoms with Gasteiger partial charge in [-0.1, -0.05) is 23.7 Å². The summed E-state index contributed by atoms with van der Waals surface area (Å²) in [7, 11) is 0. The number of carbonyl (C=O) groups excluding carboxylic acids is 2. The van der Waals surface area contributed by atoms with Crippen LogP contribution in [0, 0.1) is 0 Å². The number of anilines is 1. The minimum Gasteiger partial charge on any atom is -0.491 e. The molecule has 0 aromatic heterocycles. The predicted octanol–water partition coefficient (Wildman–Crippen LogP) is 2.85. The van der Waals surface area contributed by atoms with Crippen LogP contribution in [0.1, 0.15) is 16.8 Å². The van der Waals surface area contributed by atoms with Gasteiger partial charge in [-0.15, -0.1) is 0 Å². The third-order valence-electron chi connectivity index (χ3n) is 2.88. The standard InChI is InChI=1S/C16H15ClN2O3/c17-13-3-1-2-4-14(13)22-10-9-15(20)19-12-7-5-11(6-8-12)16(18)21/h1-8H,9-10H2,(H2,18,21)(H,19,20). The number of carbonyl (C=O) groups is 2. The zero-order chi connectivity index (χ0) is 15.9. The maximum Gasteiger partial charge on any atom is 0.248 e. The van der Waals surface area contributed by atoms with E-state index in [0.717, 1.165) is 0 Å². The van der Waals surface area contributed by atoms with E-state index in [1.807, 2.05) is 6.07 Å². The Morgan fingerprint density at radius 2 is 1.77 bits per heavy atom. The van der Waals surface area contributed by atoms with Gasteiger partial charge in [-0.3, -0.25) is 9.59 Å². The van der Waals surface area contributed by atoms with Crippen LogP contribution in [0.5, 0.6) is 5.75 Å². The van der Waals surface area contributed by atoms with Crippen molar-refractivity contribution in [1.82, 2.24) is 0 Å². The molecule has 2 aromatic rings. The summed E-state index contributed by atoms with van der Waals surface area (Å²) >= 11 is 5.95. The van der Waals surface area contributed by atoms with E-state index in [4.69, 9.17) is 22.1 Å². The van der Waals surface area contributed by atoms with Gasteiger partial charge in [0.25, 0.3) is 0 Å². The Bertz CT molecular complexity index is 671. The first-order valence-corrected chi connectivity index (χ1v) is 7.01. The van der Waals surface area contributed by atoms with Crippen molar-refractivity contribution in [2.45, 2.75) is 6.42 Å². The molecule has 0 saturated heterocycles. The predicted molar refractivity (Wildman–Crippen MR) is 85.2 cm³/mol. The van der Waals surface area contributed by atoms with Crippen molar-refractivity contribution in [3.63, 3.8) is 0 Å². The number of halogens is 1. The smallest absolute Gasteiger partial charge is 0.248 e. The summed E-state index contributed by atoms with van der Waals surface area (Å²) in [5, 5.41) is 3.21. The molecule has 2 amide bonds. The molecular formula is C16H15ClN2O3. The molecular weight excluding hydrogens is 304 g/mol. The van der Waals surface area contributed by atoms with Crippen LogP contribution < -0.4 is 15.8 Å². The maximum absolute atomic E-state index is 11.8. The Hall–Kier alpha value is -2.53. The Morgan fingerprint density at radius 1 is 1.09 bits per heavy atom. The fourth-order valence-corrected chi connectivity index (χ4v) is 1.95. The number of ether oxygens (including phenoxy) is 1. The van der Waals surface area contributed by atoms with Crippen LogP contribution in [0.4, 0.5) is 5.69 Å². The minimum atomic E-state index is -0.508. The SMILES string of the molecule is NC(=O)c1ccc(NC(=O)CCOc2ccccc2Cl)cc1. The van der Waals surface area contributed by atoms with Crippen molar-refractivity contribution in [3.8, 4) is 5.75 Å². The van der Waals surface area contributed by atoms with Crippen LogP contribution in [0.25, 0.3) is 0 Å². The number of hydrogen-bond acceptors (Lipinski definition) is 3. The number of hydrogen-bond donors (Lipinski definition) is 2. The third kappa shape index (κ3) is 4.49. The zero-order valence-corrected chi connectivity index (χ0v) is 12.5. The lowest BCUT2D eigenvalue weighted by Crippen LogP contribution is -2.15. The molecule has 2 aromatic carbocycles. The molecule has 0 saturated carbocycles. The molecule has 3 N–H and O–H groups in total. The third-order valence-corrected chi connectivity index (χ3v) is 3.19. The molecule has 5 nitrogen and oxygen atoms in total. The van der Waals surface area contributed by atoms with Crippen molar-refractivity contribution < 1.29 is 14.3 Å². The highest BCUT2D eigenvalue weighted by Gasteiger charge is 2.06. The summed E-state index contributed by atoms with van der Waals surface area (Å²) in [5.74, 6) is -0.160. The second kappa shape index (κ2) is 7.47. The van der Waals surface area contributed by atoms with E-state index < -0.39 is 5.91 Å². The fourth-order valence-electron chi connectivity index (χ4n) is 1.76. The normalized spacial score (nSPS) is 10.0. The maximum atomic E-state index is 11.8. The van der Waals surface area contributed by atoms with Gasteiger partial charge in [0, 0.05) is 11.3 Å². The second-order valence-electron chi connectivity index (χ2n) is 4.52. The summed E-state index contributed by atoms with van der Waals surface area (Å²) in [6.07, 6.45) is 0.183. The van der Waals surface area contributed by atoms with E-state index in [0.29, 0.717) is 22.0 Å². The fraction of sp³-hybridized carbons (Fsp3) is 0.125. The van der Waals surface area contributed by atoms with Gasteiger partial charge in [0.2, 0.25) is 11.8 Å². The topological polar surface area (TPSA) is 81.4 Å². The molecule has 0 aliphatic heterocycles. The average molecular weight is 319 g/mol. The number of benzene rings is 2. The highest BCUT2D eigenvalue weighted by molar-refractivity contribution is 6.32. The first-order chi connectivity index (χ1) is 10.6. The van der Waals surface area contributed by atoms with Gasteiger partial charge in [-0.2, -0.15) is 0 Å². The monoisotopic (exact) mass is 318 g/mol. The summed E-state index contributed by atoms with van der Waals surface area (Å²) in [5.41, 5.74) is 6.12. The van der Waals surface area contributed by atoms with E-state index in [1.54, 1.807) is 42.5 Å². The van der Waals surface area contributed by atoms with E-state index in [9.17, 15) is 9.59 Å². The molecule has 0 bridgehead atoms. The number of nitrogens with two attached hydrogens (primary N) is 1. The van der Waals surface area contributed by atoms with Crippen molar-refractivity contribution in [2.75, 3.05) is 11.9 Å². The molecule has 22 heavy (non-hydrogen) atoms. The molecule has 0 heterocycles. The van der Waals surface area contributed by atoms with Crippen molar-refractivity contribution in [3.05, 3.63) is 59.1 Å². The molecule has 6 heteroatoms. The van der Waals surface area contributed by atoms with E-state index in [1.165, 1.54) is 0 Å². The Labute approximate surface area is 133 Å². The van der Waals surface area contributed by atoms with Crippen molar-refractivity contribution in [2.24, 2.45) is 5.73 Å². The van der Waals surface area contributed by atoms with Crippen LogP contribution in [-0.2, 0) is 4.79 Å². The molecule has 0 radical (unpaired) electrons. The highest BCUT2D eigenvalue weighted by atomic mass is 35.5. The Morgan fingerprint density at radius 3 is 2.41 bits per heavy atom. The lowest BCUT2D eigenvalue weighted by Gasteiger charge is -2.08. The molecule has 0 unspecified atom stereocenters. The summed E-state index contributed by atoms with van der Waals surface area (Å²) in [6, 6.07) is 13.4. The molecule has 0 atom stereocenters. The average Bonchev–Trinajstić information content (AvgIpc) is 2.50. The first-order valence-electron chi connectivity index (χ1n) is 6.63. The van der Waals surface area contributed by atoms with Crippen LogP contribution in [0.3, 0.4) is 0 Å². The van der Waals surface area contributed by atoms with Gasteiger partial charge in [0.15, 0.2) is 0 Å². The quantitative estimate of drug-likeness (QED) is 0.859. The lowest BCUT2D eigenvalue weighted by atomic mass is 10.2. The molecule has 0 fully saturated rings. The molecule has 0 aliphatic rings. The van der Waals surface area contributed by atoms with Gasteiger partial charge in [0.1, 0.15) is 5.75 Å². The van der Waals surface area contributed by atoms with Crippen molar-refractivity contribution >= 4 is 29.1 Å². The molecule has 0 aliphatic carbocycles. The lowest BCUT2D eigenvalue weighted by molar-refractivity contribution is -0.116. The van der Waals surface area contributed by atoms with Gasteiger partial charge >= 0.3 is 0 Å². The van der Waals surface area contributed by atoms with E-state index in [-0.39, 0.29) is 18.9 Å². The number of nitrogens with one attached hydrogen (secondary N) is 1. The van der Waals surface area contributed by atoms with Crippen molar-refractivity contribution in [1.29, 1.82) is 0 Å². The number of primary amides is 1. The summed E-state index contributed by atoms with van der Waals surface area (Å²) in [6.45, 7) is 0.217. The minimum absolute atomic E-state index is 0.183. The van der Waals surface area contributed by atoms with Gasteiger partial charge in [-0.25, -0.2) is 0 Å². The Kier molecular flexibility index (Phi) is 5.38. The Balaban J connectivity index is 1.80. The van der Waals surface area contributed by atoms with E-state index in [2.05, 4.69) is 5.32 Å². The zero-order valence-electron chi connectivity index (χ0n) is 11.7. The largest absolute Gasteiger partial charge is 0.491 e. The first kappa shape index (κ1) is 15.9. The number of amides is 2. The number of rotatable bonds is 6.